The van der Waals surface area contributed by atoms with Gasteiger partial charge < -0.3 is 15.8 Å². The molecule has 1 aromatic rings. The summed E-state index contributed by atoms with van der Waals surface area (Å²) in [6, 6.07) is 7.76. The van der Waals surface area contributed by atoms with Gasteiger partial charge in [-0.15, -0.1) is 0 Å². The van der Waals surface area contributed by atoms with Crippen molar-refractivity contribution in [2.75, 3.05) is 6.54 Å². The maximum Gasteiger partial charge on any atom is 0.249 e. The van der Waals surface area contributed by atoms with Crippen LogP contribution < -0.4 is 11.1 Å². The Morgan fingerprint density at radius 3 is 3.00 bits per heavy atom. The van der Waals surface area contributed by atoms with Gasteiger partial charge in [-0.2, -0.15) is 0 Å². The molecule has 4 nitrogen and oxygen atoms in total. The molecule has 3 N–H and O–H groups in total. The monoisotopic (exact) mass is 286 g/mol. The Morgan fingerprint density at radius 1 is 1.52 bits per heavy atom. The van der Waals surface area contributed by atoms with E-state index in [0.29, 0.717) is 6.54 Å². The van der Waals surface area contributed by atoms with Crippen molar-refractivity contribution in [1.82, 2.24) is 5.32 Å². The molecule has 1 aliphatic heterocycles. The summed E-state index contributed by atoms with van der Waals surface area (Å²) in [6.07, 6.45) is 1.59. The third-order valence-corrected chi connectivity index (χ3v) is 3.60. The van der Waals surface area contributed by atoms with Crippen LogP contribution in [0.4, 0.5) is 0 Å². The molecule has 112 valence electrons. The summed E-state index contributed by atoms with van der Waals surface area (Å²) in [4.78, 5) is 12.2. The molecule has 3 atom stereocenters. The summed E-state index contributed by atoms with van der Waals surface area (Å²) in [5.41, 5.74) is 7.31. The quantitative estimate of drug-likeness (QED) is 0.832. The van der Waals surface area contributed by atoms with Crippen molar-refractivity contribution in [3.8, 4) is 11.8 Å². The van der Waals surface area contributed by atoms with Crippen LogP contribution in [0.25, 0.3) is 0 Å². The van der Waals surface area contributed by atoms with Gasteiger partial charge in [-0.1, -0.05) is 24.0 Å². The van der Waals surface area contributed by atoms with Crippen molar-refractivity contribution in [1.29, 1.82) is 0 Å². The topological polar surface area (TPSA) is 64.4 Å². The third-order valence-electron chi connectivity index (χ3n) is 3.60. The summed E-state index contributed by atoms with van der Waals surface area (Å²) in [5, 5.41) is 3.01. The van der Waals surface area contributed by atoms with E-state index in [0.717, 1.165) is 24.0 Å². The highest BCUT2D eigenvalue weighted by Crippen LogP contribution is 2.21. The molecule has 4 heteroatoms. The van der Waals surface area contributed by atoms with Crippen molar-refractivity contribution < 1.29 is 9.53 Å². The first-order valence-corrected chi connectivity index (χ1v) is 7.35. The Hall–Kier alpha value is -1.83. The van der Waals surface area contributed by atoms with E-state index < -0.39 is 0 Å². The Labute approximate surface area is 126 Å². The molecule has 1 fully saturated rings. The van der Waals surface area contributed by atoms with E-state index in [1.54, 1.807) is 0 Å². The smallest absolute Gasteiger partial charge is 0.249 e. The van der Waals surface area contributed by atoms with E-state index in [1.165, 1.54) is 0 Å². The van der Waals surface area contributed by atoms with Crippen molar-refractivity contribution >= 4 is 5.91 Å². The van der Waals surface area contributed by atoms with Gasteiger partial charge in [0, 0.05) is 5.56 Å². The largest absolute Gasteiger partial charge is 0.365 e. The molecule has 0 spiro atoms. The molecule has 1 aromatic carbocycles. The minimum atomic E-state index is -0.317. The summed E-state index contributed by atoms with van der Waals surface area (Å²) in [5.74, 6) is 5.80. The van der Waals surface area contributed by atoms with Crippen molar-refractivity contribution in [3.05, 3.63) is 35.4 Å². The van der Waals surface area contributed by atoms with Crippen LogP contribution in [-0.2, 0) is 9.53 Å². The van der Waals surface area contributed by atoms with Gasteiger partial charge in [-0.3, -0.25) is 4.79 Å². The summed E-state index contributed by atoms with van der Waals surface area (Å²) < 4.78 is 5.59. The van der Waals surface area contributed by atoms with E-state index in [1.807, 2.05) is 38.1 Å². The average Bonchev–Trinajstić information content (AvgIpc) is 2.92. The Kier molecular flexibility index (Phi) is 5.38. The number of hydrogen-bond acceptors (Lipinski definition) is 3. The molecule has 0 aromatic heterocycles. The Bertz CT molecular complexity index is 559. The maximum absolute atomic E-state index is 12.2. The van der Waals surface area contributed by atoms with Crippen LogP contribution in [0.2, 0.25) is 0 Å². The standard InChI is InChI=1S/C17H22N2O2/c1-12-8-9-16(21-12)17(20)19-13(2)15-7-3-5-14(11-15)6-4-10-18/h3,5,7,11-13,16H,8-10,18H2,1-2H3,(H,19,20). The second-order valence-corrected chi connectivity index (χ2v) is 5.37. The molecule has 1 heterocycles. The van der Waals surface area contributed by atoms with Crippen LogP contribution in [0.15, 0.2) is 24.3 Å². The summed E-state index contributed by atoms with van der Waals surface area (Å²) >= 11 is 0. The lowest BCUT2D eigenvalue weighted by Gasteiger charge is -2.18. The van der Waals surface area contributed by atoms with Gasteiger partial charge in [0.05, 0.1) is 18.7 Å². The second-order valence-electron chi connectivity index (χ2n) is 5.37. The van der Waals surface area contributed by atoms with E-state index >= 15 is 0 Å². The number of carbonyl (C=O) groups excluding carboxylic acids is 1. The van der Waals surface area contributed by atoms with Gasteiger partial charge in [-0.25, -0.2) is 0 Å². The zero-order valence-electron chi connectivity index (χ0n) is 12.6. The van der Waals surface area contributed by atoms with Crippen LogP contribution >= 0.6 is 0 Å². The number of hydrogen-bond donors (Lipinski definition) is 2. The first kappa shape index (κ1) is 15.6. The van der Waals surface area contributed by atoms with E-state index in [9.17, 15) is 4.79 Å². The molecule has 0 radical (unpaired) electrons. The summed E-state index contributed by atoms with van der Waals surface area (Å²) in [7, 11) is 0. The normalized spacial score (nSPS) is 22.2. The van der Waals surface area contributed by atoms with Gasteiger partial charge in [-0.05, 0) is 44.4 Å². The predicted molar refractivity (Wildman–Crippen MR) is 82.5 cm³/mol. The molecular weight excluding hydrogens is 264 g/mol. The number of rotatable bonds is 3. The molecule has 1 saturated heterocycles. The van der Waals surface area contributed by atoms with Crippen molar-refractivity contribution in [2.24, 2.45) is 5.73 Å². The fourth-order valence-corrected chi connectivity index (χ4v) is 2.42. The highest BCUT2D eigenvalue weighted by atomic mass is 16.5. The second kappa shape index (κ2) is 7.26. The Morgan fingerprint density at radius 2 is 2.33 bits per heavy atom. The maximum atomic E-state index is 12.2. The first-order valence-electron chi connectivity index (χ1n) is 7.35. The van der Waals surface area contributed by atoms with Gasteiger partial charge in [0.1, 0.15) is 6.10 Å². The van der Waals surface area contributed by atoms with Crippen LogP contribution in [-0.4, -0.2) is 24.7 Å². The molecule has 0 aliphatic carbocycles. The minimum Gasteiger partial charge on any atom is -0.365 e. The number of ether oxygens (including phenoxy) is 1. The fourth-order valence-electron chi connectivity index (χ4n) is 2.42. The third kappa shape index (κ3) is 4.32. The van der Waals surface area contributed by atoms with Gasteiger partial charge in [0.15, 0.2) is 0 Å². The molecule has 3 unspecified atom stereocenters. The molecule has 21 heavy (non-hydrogen) atoms. The number of amides is 1. The van der Waals surface area contributed by atoms with E-state index in [-0.39, 0.29) is 24.2 Å². The minimum absolute atomic E-state index is 0.0368. The molecule has 1 aliphatic rings. The van der Waals surface area contributed by atoms with Crippen LogP contribution in [0.1, 0.15) is 43.9 Å². The predicted octanol–water partition coefficient (Wildman–Crippen LogP) is 1.74. The number of benzene rings is 1. The number of carbonyl (C=O) groups is 1. The van der Waals surface area contributed by atoms with Crippen LogP contribution in [0.3, 0.4) is 0 Å². The first-order chi connectivity index (χ1) is 10.1. The zero-order valence-corrected chi connectivity index (χ0v) is 12.6. The van der Waals surface area contributed by atoms with Crippen LogP contribution in [0.5, 0.6) is 0 Å². The van der Waals surface area contributed by atoms with E-state index in [2.05, 4.69) is 17.2 Å². The molecule has 0 saturated carbocycles. The molecular formula is C17H22N2O2. The molecule has 1 amide bonds. The average molecular weight is 286 g/mol. The van der Waals surface area contributed by atoms with Crippen molar-refractivity contribution in [3.63, 3.8) is 0 Å². The lowest BCUT2D eigenvalue weighted by Crippen LogP contribution is -2.36. The van der Waals surface area contributed by atoms with Gasteiger partial charge in [0.25, 0.3) is 0 Å². The lowest BCUT2D eigenvalue weighted by molar-refractivity contribution is -0.132. The lowest BCUT2D eigenvalue weighted by atomic mass is 10.0. The number of nitrogens with one attached hydrogen (secondary N) is 1. The number of nitrogens with two attached hydrogens (primary N) is 1. The molecule has 2 rings (SSSR count). The molecule has 0 bridgehead atoms. The van der Waals surface area contributed by atoms with Gasteiger partial charge >= 0.3 is 0 Å². The van der Waals surface area contributed by atoms with E-state index in [4.69, 9.17) is 10.5 Å². The highest BCUT2D eigenvalue weighted by Gasteiger charge is 2.28. The van der Waals surface area contributed by atoms with Crippen LogP contribution in [0, 0.1) is 11.8 Å². The fraction of sp³-hybridized carbons (Fsp3) is 0.471. The van der Waals surface area contributed by atoms with Gasteiger partial charge in [0.2, 0.25) is 5.91 Å². The Balaban J connectivity index is 1.99. The highest BCUT2D eigenvalue weighted by molar-refractivity contribution is 5.81. The van der Waals surface area contributed by atoms with Crippen molar-refractivity contribution in [2.45, 2.75) is 44.9 Å². The SMILES string of the molecule is CC1CCC(C(=O)NC(C)c2cccc(C#CCN)c2)O1. The summed E-state index contributed by atoms with van der Waals surface area (Å²) in [6.45, 7) is 4.30. The zero-order chi connectivity index (χ0) is 15.2.